The molecule has 19 heavy (non-hydrogen) atoms. The molecule has 3 amide bonds. The number of rotatable bonds is 5. The maximum atomic E-state index is 12.7. The van der Waals surface area contributed by atoms with Crippen molar-refractivity contribution in [3.63, 3.8) is 0 Å². The topological polar surface area (TPSA) is 58.2 Å². The summed E-state index contributed by atoms with van der Waals surface area (Å²) in [5, 5.41) is 4.82. The standard InChI is InChI=1S/C13H17FN2O2S/c1-9(2)7-15-13(18)16-12(17)8-19-11-5-3-10(14)4-6-11/h3-6,9H,7-8H2,1-2H3,(H2,15,16,17,18). The van der Waals surface area contributed by atoms with Gasteiger partial charge in [-0.3, -0.25) is 10.1 Å². The Labute approximate surface area is 116 Å². The molecule has 0 aliphatic rings. The van der Waals surface area contributed by atoms with Crippen LogP contribution in [0.4, 0.5) is 9.18 Å². The lowest BCUT2D eigenvalue weighted by atomic mass is 10.2. The monoisotopic (exact) mass is 284 g/mol. The normalized spacial score (nSPS) is 10.3. The zero-order valence-corrected chi connectivity index (χ0v) is 11.7. The third-order valence-electron chi connectivity index (χ3n) is 2.11. The molecule has 0 aliphatic carbocycles. The van der Waals surface area contributed by atoms with Crippen LogP contribution in [-0.2, 0) is 4.79 Å². The van der Waals surface area contributed by atoms with Crippen molar-refractivity contribution in [3.05, 3.63) is 30.1 Å². The van der Waals surface area contributed by atoms with E-state index in [2.05, 4.69) is 10.6 Å². The Hall–Kier alpha value is -1.56. The van der Waals surface area contributed by atoms with Crippen molar-refractivity contribution in [1.82, 2.24) is 10.6 Å². The van der Waals surface area contributed by atoms with Crippen molar-refractivity contribution in [1.29, 1.82) is 0 Å². The maximum Gasteiger partial charge on any atom is 0.321 e. The third kappa shape index (κ3) is 6.81. The zero-order valence-electron chi connectivity index (χ0n) is 10.9. The van der Waals surface area contributed by atoms with Gasteiger partial charge in [0.15, 0.2) is 0 Å². The minimum Gasteiger partial charge on any atom is -0.338 e. The van der Waals surface area contributed by atoms with Gasteiger partial charge in [-0.15, -0.1) is 11.8 Å². The van der Waals surface area contributed by atoms with Crippen molar-refractivity contribution < 1.29 is 14.0 Å². The summed E-state index contributed by atoms with van der Waals surface area (Å²) in [5.41, 5.74) is 0. The van der Waals surface area contributed by atoms with Gasteiger partial charge in [0.05, 0.1) is 5.75 Å². The molecule has 0 unspecified atom stereocenters. The fourth-order valence-electron chi connectivity index (χ4n) is 1.18. The number of nitrogens with one attached hydrogen (secondary N) is 2. The lowest BCUT2D eigenvalue weighted by Gasteiger charge is -2.08. The Morgan fingerprint density at radius 2 is 1.89 bits per heavy atom. The van der Waals surface area contributed by atoms with E-state index in [0.717, 1.165) is 4.90 Å². The fraction of sp³-hybridized carbons (Fsp3) is 0.385. The molecule has 1 aromatic carbocycles. The number of carbonyl (C=O) groups excluding carboxylic acids is 2. The average Bonchev–Trinajstić information content (AvgIpc) is 2.36. The second-order valence-electron chi connectivity index (χ2n) is 4.39. The molecule has 4 nitrogen and oxygen atoms in total. The number of hydrogen-bond donors (Lipinski definition) is 2. The minimum atomic E-state index is -0.488. The van der Waals surface area contributed by atoms with Gasteiger partial charge < -0.3 is 5.32 Å². The molecule has 0 heterocycles. The summed E-state index contributed by atoms with van der Waals surface area (Å²) in [4.78, 5) is 23.6. The molecule has 0 aliphatic heterocycles. The highest BCUT2D eigenvalue weighted by molar-refractivity contribution is 8.00. The highest BCUT2D eigenvalue weighted by Gasteiger charge is 2.08. The van der Waals surface area contributed by atoms with Gasteiger partial charge in [0, 0.05) is 11.4 Å². The first-order valence-corrected chi connectivity index (χ1v) is 6.92. The van der Waals surface area contributed by atoms with Crippen LogP contribution < -0.4 is 10.6 Å². The molecule has 0 saturated carbocycles. The Balaban J connectivity index is 2.27. The highest BCUT2D eigenvalue weighted by atomic mass is 32.2. The van der Waals surface area contributed by atoms with Gasteiger partial charge in [0.2, 0.25) is 5.91 Å². The minimum absolute atomic E-state index is 0.112. The van der Waals surface area contributed by atoms with Crippen LogP contribution in [0.25, 0.3) is 0 Å². The number of amides is 3. The van der Waals surface area contributed by atoms with Crippen molar-refractivity contribution in [2.24, 2.45) is 5.92 Å². The summed E-state index contributed by atoms with van der Waals surface area (Å²) in [6.07, 6.45) is 0. The number of benzene rings is 1. The van der Waals surface area contributed by atoms with Gasteiger partial charge in [-0.2, -0.15) is 0 Å². The summed E-state index contributed by atoms with van der Waals surface area (Å²) < 4.78 is 12.7. The van der Waals surface area contributed by atoms with E-state index in [4.69, 9.17) is 0 Å². The van der Waals surface area contributed by atoms with E-state index in [0.29, 0.717) is 12.5 Å². The first-order valence-electron chi connectivity index (χ1n) is 5.93. The molecular weight excluding hydrogens is 267 g/mol. The summed E-state index contributed by atoms with van der Waals surface area (Å²) >= 11 is 1.24. The summed E-state index contributed by atoms with van der Waals surface area (Å²) in [6.45, 7) is 4.45. The number of halogens is 1. The van der Waals surface area contributed by atoms with Crippen LogP contribution in [-0.4, -0.2) is 24.2 Å². The zero-order chi connectivity index (χ0) is 14.3. The van der Waals surface area contributed by atoms with Crippen molar-refractivity contribution in [2.45, 2.75) is 18.7 Å². The molecule has 0 bridgehead atoms. The molecular formula is C13H17FN2O2S. The molecule has 1 rings (SSSR count). The third-order valence-corrected chi connectivity index (χ3v) is 3.12. The molecule has 104 valence electrons. The number of imide groups is 1. The van der Waals surface area contributed by atoms with E-state index in [1.54, 1.807) is 12.1 Å². The fourth-order valence-corrected chi connectivity index (χ4v) is 1.88. The van der Waals surface area contributed by atoms with Gasteiger partial charge in [-0.25, -0.2) is 9.18 Å². The van der Waals surface area contributed by atoms with Crippen LogP contribution in [0.5, 0.6) is 0 Å². The molecule has 0 radical (unpaired) electrons. The van der Waals surface area contributed by atoms with Crippen LogP contribution >= 0.6 is 11.8 Å². The van der Waals surface area contributed by atoms with Crippen LogP contribution in [0.3, 0.4) is 0 Å². The van der Waals surface area contributed by atoms with Crippen molar-refractivity contribution >= 4 is 23.7 Å². The molecule has 2 N–H and O–H groups in total. The number of hydrogen-bond acceptors (Lipinski definition) is 3. The first-order chi connectivity index (χ1) is 8.97. The SMILES string of the molecule is CC(C)CNC(=O)NC(=O)CSc1ccc(F)cc1. The quantitative estimate of drug-likeness (QED) is 0.816. The van der Waals surface area contributed by atoms with Crippen LogP contribution in [0, 0.1) is 11.7 Å². The maximum absolute atomic E-state index is 12.7. The second kappa shape index (κ2) is 7.78. The second-order valence-corrected chi connectivity index (χ2v) is 5.44. The van der Waals surface area contributed by atoms with Gasteiger partial charge in [0.1, 0.15) is 5.82 Å². The summed E-state index contributed by atoms with van der Waals surface area (Å²) in [7, 11) is 0. The van der Waals surface area contributed by atoms with E-state index in [-0.39, 0.29) is 17.5 Å². The lowest BCUT2D eigenvalue weighted by Crippen LogP contribution is -2.41. The predicted molar refractivity (Wildman–Crippen MR) is 73.5 cm³/mol. The van der Waals surface area contributed by atoms with E-state index >= 15 is 0 Å². The van der Waals surface area contributed by atoms with Gasteiger partial charge in [-0.05, 0) is 30.2 Å². The van der Waals surface area contributed by atoms with Crippen molar-refractivity contribution in [3.8, 4) is 0 Å². The van der Waals surface area contributed by atoms with Gasteiger partial charge in [0.25, 0.3) is 0 Å². The Morgan fingerprint density at radius 3 is 2.47 bits per heavy atom. The first kappa shape index (κ1) is 15.5. The number of thioether (sulfide) groups is 1. The Bertz CT molecular complexity index is 435. The molecule has 0 spiro atoms. The molecule has 0 saturated heterocycles. The lowest BCUT2D eigenvalue weighted by molar-refractivity contribution is -0.117. The number of urea groups is 1. The predicted octanol–water partition coefficient (Wildman–Crippen LogP) is 2.40. The van der Waals surface area contributed by atoms with Gasteiger partial charge in [-0.1, -0.05) is 13.8 Å². The van der Waals surface area contributed by atoms with E-state index in [1.807, 2.05) is 13.8 Å². The summed E-state index contributed by atoms with van der Waals surface area (Å²) in [6, 6.07) is 5.35. The average molecular weight is 284 g/mol. The summed E-state index contributed by atoms with van der Waals surface area (Å²) in [5.74, 6) is -0.257. The van der Waals surface area contributed by atoms with Crippen molar-refractivity contribution in [2.75, 3.05) is 12.3 Å². The number of carbonyl (C=O) groups is 2. The van der Waals surface area contributed by atoms with E-state index in [9.17, 15) is 14.0 Å². The molecule has 0 aromatic heterocycles. The van der Waals surface area contributed by atoms with Crippen LogP contribution in [0.2, 0.25) is 0 Å². The van der Waals surface area contributed by atoms with E-state index < -0.39 is 6.03 Å². The molecule has 6 heteroatoms. The molecule has 0 atom stereocenters. The molecule has 0 fully saturated rings. The van der Waals surface area contributed by atoms with Gasteiger partial charge >= 0.3 is 6.03 Å². The smallest absolute Gasteiger partial charge is 0.321 e. The van der Waals surface area contributed by atoms with Crippen LogP contribution in [0.15, 0.2) is 29.2 Å². The van der Waals surface area contributed by atoms with Crippen LogP contribution in [0.1, 0.15) is 13.8 Å². The highest BCUT2D eigenvalue weighted by Crippen LogP contribution is 2.17. The van der Waals surface area contributed by atoms with E-state index in [1.165, 1.54) is 23.9 Å². The Morgan fingerprint density at radius 1 is 1.26 bits per heavy atom. The Kier molecular flexibility index (Phi) is 6.35. The molecule has 1 aromatic rings. The largest absolute Gasteiger partial charge is 0.338 e.